The molecule has 1 aromatic rings. The second-order valence-electron chi connectivity index (χ2n) is 4.61. The van der Waals surface area contributed by atoms with Gasteiger partial charge in [-0.2, -0.15) is 0 Å². The first-order valence-corrected chi connectivity index (χ1v) is 6.93. The molecule has 0 amide bonds. The summed E-state index contributed by atoms with van der Waals surface area (Å²) in [6.07, 6.45) is 2.35. The van der Waals surface area contributed by atoms with Crippen LogP contribution in [0.1, 0.15) is 25.1 Å². The van der Waals surface area contributed by atoms with Crippen molar-refractivity contribution in [2.45, 2.75) is 38.8 Å². The Labute approximate surface area is 104 Å². The third-order valence-corrected chi connectivity index (χ3v) is 4.00. The highest BCUT2D eigenvalue weighted by atomic mass is 32.1. The molecule has 2 nitrogen and oxygen atoms in total. The van der Waals surface area contributed by atoms with E-state index < -0.39 is 0 Å². The van der Waals surface area contributed by atoms with E-state index in [1.54, 1.807) is 0 Å². The number of likely N-dealkylation sites (N-methyl/N-ethyl adjacent to an activating group) is 1. The van der Waals surface area contributed by atoms with Crippen LogP contribution in [-0.4, -0.2) is 37.6 Å². The Balaban J connectivity index is 2.32. The van der Waals surface area contributed by atoms with Crippen molar-refractivity contribution in [3.8, 4) is 0 Å². The predicted octanol–water partition coefficient (Wildman–Crippen LogP) is 2.61. The Kier molecular flexibility index (Phi) is 6.03. The van der Waals surface area contributed by atoms with Crippen molar-refractivity contribution in [2.24, 2.45) is 0 Å². The molecule has 1 aromatic heterocycles. The molecule has 1 N–H and O–H groups in total. The molecule has 0 aliphatic rings. The molecule has 0 saturated heterocycles. The second-order valence-corrected chi connectivity index (χ2v) is 5.64. The minimum atomic E-state index is 0.595. The van der Waals surface area contributed by atoms with E-state index in [0.717, 1.165) is 13.0 Å². The van der Waals surface area contributed by atoms with Crippen LogP contribution < -0.4 is 5.32 Å². The van der Waals surface area contributed by atoms with Crippen molar-refractivity contribution in [1.82, 2.24) is 10.2 Å². The van der Waals surface area contributed by atoms with Crippen LogP contribution >= 0.6 is 11.3 Å². The second kappa shape index (κ2) is 7.05. The Hall–Kier alpha value is -0.380. The standard InChI is InChI=1S/C13H24N2S/c1-5-12(9-13-7-6-8-16-13)14-10-11(2)15(3)4/h6-8,11-12,14H,5,9-10H2,1-4H3. The van der Waals surface area contributed by atoms with Crippen LogP contribution in [0.2, 0.25) is 0 Å². The molecule has 0 aliphatic heterocycles. The SMILES string of the molecule is CCC(Cc1cccs1)NCC(C)N(C)C. The van der Waals surface area contributed by atoms with Crippen LogP contribution in [0.15, 0.2) is 17.5 Å². The van der Waals surface area contributed by atoms with E-state index >= 15 is 0 Å². The van der Waals surface area contributed by atoms with E-state index in [0.29, 0.717) is 12.1 Å². The Morgan fingerprint density at radius 3 is 2.69 bits per heavy atom. The molecule has 1 rings (SSSR count). The van der Waals surface area contributed by atoms with Gasteiger partial charge in [0.05, 0.1) is 0 Å². The zero-order valence-corrected chi connectivity index (χ0v) is 11.7. The molecule has 0 aliphatic carbocycles. The van der Waals surface area contributed by atoms with Crippen LogP contribution in [0.25, 0.3) is 0 Å². The first kappa shape index (κ1) is 13.7. The van der Waals surface area contributed by atoms with Gasteiger partial charge in [-0.05, 0) is 45.3 Å². The fourth-order valence-corrected chi connectivity index (χ4v) is 2.34. The summed E-state index contributed by atoms with van der Waals surface area (Å²) in [6, 6.07) is 5.57. The van der Waals surface area contributed by atoms with Crippen LogP contribution in [-0.2, 0) is 6.42 Å². The van der Waals surface area contributed by atoms with Crippen LogP contribution in [0.3, 0.4) is 0 Å². The van der Waals surface area contributed by atoms with E-state index in [2.05, 4.69) is 55.7 Å². The number of thiophene rings is 1. The molecule has 0 aromatic carbocycles. The third-order valence-electron chi connectivity index (χ3n) is 3.10. The topological polar surface area (TPSA) is 15.3 Å². The molecule has 0 spiro atoms. The first-order valence-electron chi connectivity index (χ1n) is 6.05. The lowest BCUT2D eigenvalue weighted by atomic mass is 10.1. The van der Waals surface area contributed by atoms with E-state index in [9.17, 15) is 0 Å². The molecular formula is C13H24N2S. The molecule has 0 bridgehead atoms. The Morgan fingerprint density at radius 1 is 1.44 bits per heavy atom. The van der Waals surface area contributed by atoms with Crippen LogP contribution in [0.4, 0.5) is 0 Å². The molecule has 3 heteroatoms. The molecule has 0 radical (unpaired) electrons. The van der Waals surface area contributed by atoms with Crippen LogP contribution in [0, 0.1) is 0 Å². The zero-order valence-electron chi connectivity index (χ0n) is 10.9. The maximum absolute atomic E-state index is 3.65. The van der Waals surface area contributed by atoms with Crippen molar-refractivity contribution >= 4 is 11.3 Å². The number of nitrogens with one attached hydrogen (secondary N) is 1. The maximum Gasteiger partial charge on any atom is 0.0186 e. The maximum atomic E-state index is 3.65. The van der Waals surface area contributed by atoms with Gasteiger partial charge in [-0.3, -0.25) is 0 Å². The van der Waals surface area contributed by atoms with Gasteiger partial charge in [0.1, 0.15) is 0 Å². The summed E-state index contributed by atoms with van der Waals surface area (Å²) in [6.45, 7) is 5.58. The Bertz CT molecular complexity index is 269. The summed E-state index contributed by atoms with van der Waals surface area (Å²) < 4.78 is 0. The summed E-state index contributed by atoms with van der Waals surface area (Å²) in [5, 5.41) is 5.81. The minimum Gasteiger partial charge on any atom is -0.312 e. The van der Waals surface area contributed by atoms with Gasteiger partial charge in [0.25, 0.3) is 0 Å². The molecule has 1 heterocycles. The number of hydrogen-bond donors (Lipinski definition) is 1. The minimum absolute atomic E-state index is 0.595. The summed E-state index contributed by atoms with van der Waals surface area (Å²) in [4.78, 5) is 3.74. The average molecular weight is 240 g/mol. The van der Waals surface area contributed by atoms with Gasteiger partial charge in [0, 0.05) is 23.5 Å². The summed E-state index contributed by atoms with van der Waals surface area (Å²) in [5.74, 6) is 0. The van der Waals surface area contributed by atoms with Crippen LogP contribution in [0.5, 0.6) is 0 Å². The molecular weight excluding hydrogens is 216 g/mol. The van der Waals surface area contributed by atoms with Gasteiger partial charge in [-0.25, -0.2) is 0 Å². The quantitative estimate of drug-likeness (QED) is 0.788. The molecule has 2 unspecified atom stereocenters. The van der Waals surface area contributed by atoms with Gasteiger partial charge in [0.15, 0.2) is 0 Å². The summed E-state index contributed by atoms with van der Waals surface area (Å²) >= 11 is 1.86. The van der Waals surface area contributed by atoms with Crippen molar-refractivity contribution in [1.29, 1.82) is 0 Å². The molecule has 0 fully saturated rings. The molecule has 92 valence electrons. The summed E-state index contributed by atoms with van der Waals surface area (Å²) in [5.41, 5.74) is 0. The van der Waals surface area contributed by atoms with Crippen molar-refractivity contribution < 1.29 is 0 Å². The van der Waals surface area contributed by atoms with Crippen molar-refractivity contribution in [3.63, 3.8) is 0 Å². The van der Waals surface area contributed by atoms with Crippen molar-refractivity contribution in [3.05, 3.63) is 22.4 Å². The van der Waals surface area contributed by atoms with E-state index in [4.69, 9.17) is 0 Å². The first-order chi connectivity index (χ1) is 7.63. The highest BCUT2D eigenvalue weighted by Gasteiger charge is 2.10. The lowest BCUT2D eigenvalue weighted by Crippen LogP contribution is -2.40. The zero-order chi connectivity index (χ0) is 12.0. The molecule has 2 atom stereocenters. The third kappa shape index (κ3) is 4.64. The van der Waals surface area contributed by atoms with E-state index in [1.807, 2.05) is 11.3 Å². The van der Waals surface area contributed by atoms with Gasteiger partial charge in [-0.1, -0.05) is 13.0 Å². The van der Waals surface area contributed by atoms with Gasteiger partial charge in [-0.15, -0.1) is 11.3 Å². The van der Waals surface area contributed by atoms with Crippen molar-refractivity contribution in [2.75, 3.05) is 20.6 Å². The average Bonchev–Trinajstić information content (AvgIpc) is 2.76. The number of rotatable bonds is 7. The van der Waals surface area contributed by atoms with Gasteiger partial charge in [0.2, 0.25) is 0 Å². The van der Waals surface area contributed by atoms with Gasteiger partial charge >= 0.3 is 0 Å². The fourth-order valence-electron chi connectivity index (χ4n) is 1.55. The smallest absolute Gasteiger partial charge is 0.0186 e. The Morgan fingerprint density at radius 2 is 2.19 bits per heavy atom. The highest BCUT2D eigenvalue weighted by molar-refractivity contribution is 7.09. The highest BCUT2D eigenvalue weighted by Crippen LogP contribution is 2.12. The lowest BCUT2D eigenvalue weighted by Gasteiger charge is -2.23. The monoisotopic (exact) mass is 240 g/mol. The molecule has 16 heavy (non-hydrogen) atoms. The number of hydrogen-bond acceptors (Lipinski definition) is 3. The number of nitrogens with zero attached hydrogens (tertiary/aromatic N) is 1. The largest absolute Gasteiger partial charge is 0.312 e. The van der Waals surface area contributed by atoms with E-state index in [-0.39, 0.29) is 0 Å². The normalized spacial score (nSPS) is 15.3. The molecule has 0 saturated carbocycles. The van der Waals surface area contributed by atoms with Gasteiger partial charge < -0.3 is 10.2 Å². The van der Waals surface area contributed by atoms with E-state index in [1.165, 1.54) is 11.3 Å². The fraction of sp³-hybridized carbons (Fsp3) is 0.692. The lowest BCUT2D eigenvalue weighted by molar-refractivity contribution is 0.291. The summed E-state index contributed by atoms with van der Waals surface area (Å²) in [7, 11) is 4.26. The predicted molar refractivity (Wildman–Crippen MR) is 73.3 cm³/mol.